The maximum atomic E-state index is 14.3. The van der Waals surface area contributed by atoms with Gasteiger partial charge in [0, 0.05) is 47.0 Å². The Morgan fingerprint density at radius 1 is 0.933 bits per heavy atom. The third-order valence-corrected chi connectivity index (χ3v) is 8.39. The number of sulfonamides is 1. The zero-order valence-corrected chi connectivity index (χ0v) is 24.9. The first-order valence-electron chi connectivity index (χ1n) is 13.6. The quantitative estimate of drug-likeness (QED) is 0.203. The Hall–Kier alpha value is -4.24. The van der Waals surface area contributed by atoms with Gasteiger partial charge in [0.05, 0.1) is 17.0 Å². The standard InChI is InChI=1S/C30H28F5N3O6S/c1-29(2,3)44-28(40)37-15-17(14-36-45(41,42)21-8-6-20(7-9-21)43-30(33,34)35)27(39)26(16-37)38-24-10-4-18(31)12-22(24)23-13-19(32)5-11-25(23)38/h4-14,17,26-27,39H,15-16H2,1-3H3/t17?,26-,27-/m0/s1. The fourth-order valence-electron chi connectivity index (χ4n) is 5.29. The van der Waals surface area contributed by atoms with Crippen LogP contribution in [0.5, 0.6) is 5.75 Å². The van der Waals surface area contributed by atoms with Crippen LogP contribution >= 0.6 is 0 Å². The molecule has 1 aromatic heterocycles. The Labute approximate surface area is 254 Å². The molecule has 0 spiro atoms. The monoisotopic (exact) mass is 653 g/mol. The average Bonchev–Trinajstić information content (AvgIpc) is 3.23. The molecule has 5 rings (SSSR count). The van der Waals surface area contributed by atoms with Gasteiger partial charge in [-0.2, -0.15) is 12.8 Å². The number of halogens is 5. The predicted molar refractivity (Wildman–Crippen MR) is 155 cm³/mol. The lowest BCUT2D eigenvalue weighted by Gasteiger charge is -2.41. The minimum Gasteiger partial charge on any atom is -0.444 e. The lowest BCUT2D eigenvalue weighted by molar-refractivity contribution is -0.274. The average molecular weight is 654 g/mol. The Balaban J connectivity index is 1.54. The van der Waals surface area contributed by atoms with Crippen molar-refractivity contribution in [2.45, 2.75) is 49.8 Å². The summed E-state index contributed by atoms with van der Waals surface area (Å²) in [6.07, 6.45) is -6.13. The summed E-state index contributed by atoms with van der Waals surface area (Å²) < 4.78 is 107. The molecule has 45 heavy (non-hydrogen) atoms. The van der Waals surface area contributed by atoms with Crippen molar-refractivity contribution < 1.29 is 49.7 Å². The third kappa shape index (κ3) is 7.04. The van der Waals surface area contributed by atoms with Crippen molar-refractivity contribution in [1.82, 2.24) is 9.47 Å². The highest BCUT2D eigenvalue weighted by molar-refractivity contribution is 7.90. The smallest absolute Gasteiger partial charge is 0.444 e. The number of carbonyl (C=O) groups excluding carboxylic acids is 1. The minimum absolute atomic E-state index is 0.110. The molecule has 0 aliphatic carbocycles. The number of rotatable bonds is 5. The van der Waals surface area contributed by atoms with Crippen LogP contribution in [0, 0.1) is 17.6 Å². The van der Waals surface area contributed by atoms with E-state index in [1.165, 1.54) is 41.3 Å². The van der Waals surface area contributed by atoms with Gasteiger partial charge in [-0.05, 0) is 81.4 Å². The molecule has 1 saturated heterocycles. The molecule has 1 fully saturated rings. The molecule has 15 heteroatoms. The molecule has 3 atom stereocenters. The largest absolute Gasteiger partial charge is 0.573 e. The number of hydrogen-bond donors (Lipinski definition) is 1. The molecule has 4 aromatic rings. The second kappa shape index (κ2) is 11.6. The molecule has 1 N–H and O–H groups in total. The molecule has 0 saturated carbocycles. The summed E-state index contributed by atoms with van der Waals surface area (Å²) in [5.74, 6) is -2.86. The summed E-state index contributed by atoms with van der Waals surface area (Å²) in [6, 6.07) is 10.2. The summed E-state index contributed by atoms with van der Waals surface area (Å²) in [5, 5.41) is 12.3. The molecule has 1 aliphatic rings. The highest BCUT2D eigenvalue weighted by Gasteiger charge is 2.41. The van der Waals surface area contributed by atoms with Gasteiger partial charge in [-0.3, -0.25) is 0 Å². The van der Waals surface area contributed by atoms with E-state index in [2.05, 4.69) is 9.13 Å². The van der Waals surface area contributed by atoms with Gasteiger partial charge in [0.2, 0.25) is 0 Å². The number of aliphatic hydroxyl groups is 1. The normalized spacial score (nSPS) is 19.8. The van der Waals surface area contributed by atoms with Crippen LogP contribution in [0.1, 0.15) is 26.8 Å². The Morgan fingerprint density at radius 3 is 2.00 bits per heavy atom. The van der Waals surface area contributed by atoms with Gasteiger partial charge in [0.25, 0.3) is 10.0 Å². The van der Waals surface area contributed by atoms with Gasteiger partial charge in [-0.25, -0.2) is 13.6 Å². The SMILES string of the molecule is CC(C)(C)OC(=O)N1CC(C=NS(=O)(=O)c2ccc(OC(F)(F)F)cc2)[C@H](O)[C@@H](n2c3ccc(F)cc3c3cc(F)ccc32)C1. The molecule has 1 aliphatic heterocycles. The van der Waals surface area contributed by atoms with Crippen molar-refractivity contribution >= 4 is 44.1 Å². The maximum absolute atomic E-state index is 14.3. The van der Waals surface area contributed by atoms with Gasteiger partial charge in [-0.15, -0.1) is 13.2 Å². The summed E-state index contributed by atoms with van der Waals surface area (Å²) >= 11 is 0. The van der Waals surface area contributed by atoms with Gasteiger partial charge < -0.3 is 24.0 Å². The minimum atomic E-state index is -4.97. The van der Waals surface area contributed by atoms with Crippen LogP contribution in [0.4, 0.5) is 26.7 Å². The van der Waals surface area contributed by atoms with Crippen LogP contribution in [0.25, 0.3) is 21.8 Å². The summed E-state index contributed by atoms with van der Waals surface area (Å²) in [6.45, 7) is 4.67. The molecule has 240 valence electrons. The summed E-state index contributed by atoms with van der Waals surface area (Å²) in [4.78, 5) is 14.0. The number of carbonyl (C=O) groups is 1. The van der Waals surface area contributed by atoms with E-state index in [1.807, 2.05) is 0 Å². The first-order chi connectivity index (χ1) is 20.9. The molecule has 1 amide bonds. The number of piperidine rings is 1. The zero-order chi connectivity index (χ0) is 32.9. The van der Waals surface area contributed by atoms with E-state index in [-0.39, 0.29) is 13.1 Å². The van der Waals surface area contributed by atoms with E-state index in [4.69, 9.17) is 4.74 Å². The number of benzene rings is 3. The number of hydrogen-bond acceptors (Lipinski definition) is 6. The molecule has 1 unspecified atom stereocenters. The van der Waals surface area contributed by atoms with Gasteiger partial charge in [0.1, 0.15) is 23.0 Å². The van der Waals surface area contributed by atoms with Crippen molar-refractivity contribution in [2.75, 3.05) is 13.1 Å². The van der Waals surface area contributed by atoms with E-state index in [0.717, 1.165) is 30.5 Å². The number of nitrogens with zero attached hydrogens (tertiary/aromatic N) is 3. The Kier molecular flexibility index (Phi) is 8.29. The van der Waals surface area contributed by atoms with Gasteiger partial charge >= 0.3 is 12.5 Å². The van der Waals surface area contributed by atoms with E-state index in [9.17, 15) is 40.3 Å². The zero-order valence-electron chi connectivity index (χ0n) is 24.1. The van der Waals surface area contributed by atoms with E-state index in [0.29, 0.717) is 21.8 Å². The fourth-order valence-corrected chi connectivity index (χ4v) is 6.21. The number of amides is 1. The van der Waals surface area contributed by atoms with E-state index < -0.39 is 68.4 Å². The van der Waals surface area contributed by atoms with Crippen molar-refractivity contribution in [3.63, 3.8) is 0 Å². The molecular weight excluding hydrogens is 625 g/mol. The Bertz CT molecular complexity index is 1830. The molecule has 2 heterocycles. The highest BCUT2D eigenvalue weighted by atomic mass is 32.2. The number of aromatic nitrogens is 1. The molecule has 9 nitrogen and oxygen atoms in total. The van der Waals surface area contributed by atoms with Crippen LogP contribution in [0.3, 0.4) is 0 Å². The van der Waals surface area contributed by atoms with Crippen LogP contribution < -0.4 is 4.74 Å². The number of fused-ring (bicyclic) bond motifs is 3. The van der Waals surface area contributed by atoms with Crippen LogP contribution in [0.2, 0.25) is 0 Å². The lowest BCUT2D eigenvalue weighted by atomic mass is 9.91. The maximum Gasteiger partial charge on any atom is 0.573 e. The number of ether oxygens (including phenoxy) is 2. The molecule has 3 aromatic carbocycles. The van der Waals surface area contributed by atoms with Gasteiger partial charge in [-0.1, -0.05) is 0 Å². The van der Waals surface area contributed by atoms with Crippen LogP contribution in [0.15, 0.2) is 70.0 Å². The number of alkyl halides is 3. The van der Waals surface area contributed by atoms with Gasteiger partial charge in [0.15, 0.2) is 0 Å². The van der Waals surface area contributed by atoms with E-state index >= 15 is 0 Å². The number of aliphatic hydroxyl groups excluding tert-OH is 1. The lowest BCUT2D eigenvalue weighted by Crippen LogP contribution is -2.53. The summed E-state index contributed by atoms with van der Waals surface area (Å²) in [7, 11) is -4.46. The fraction of sp³-hybridized carbons (Fsp3) is 0.333. The van der Waals surface area contributed by atoms with Crippen LogP contribution in [-0.2, 0) is 14.8 Å². The topological polar surface area (TPSA) is 110 Å². The molecule has 0 bridgehead atoms. The predicted octanol–water partition coefficient (Wildman–Crippen LogP) is 6.20. The highest BCUT2D eigenvalue weighted by Crippen LogP contribution is 2.37. The molecule has 0 radical (unpaired) electrons. The van der Waals surface area contributed by atoms with E-state index in [1.54, 1.807) is 25.3 Å². The van der Waals surface area contributed by atoms with Crippen LogP contribution in [-0.4, -0.2) is 66.5 Å². The second-order valence-corrected chi connectivity index (χ2v) is 13.2. The van der Waals surface area contributed by atoms with Crippen molar-refractivity contribution in [3.05, 3.63) is 72.3 Å². The summed E-state index contributed by atoms with van der Waals surface area (Å²) in [5.41, 5.74) is -0.0347. The van der Waals surface area contributed by atoms with Crippen molar-refractivity contribution in [1.29, 1.82) is 0 Å². The first kappa shape index (κ1) is 32.2. The molecular formula is C30H28F5N3O6S. The Morgan fingerprint density at radius 2 is 1.49 bits per heavy atom. The second-order valence-electron chi connectivity index (χ2n) is 11.5. The van der Waals surface area contributed by atoms with Crippen molar-refractivity contribution in [2.24, 2.45) is 10.3 Å². The third-order valence-electron chi connectivity index (χ3n) is 7.13. The number of likely N-dealkylation sites (tertiary alicyclic amines) is 1. The van der Waals surface area contributed by atoms with Crippen molar-refractivity contribution in [3.8, 4) is 5.75 Å². The first-order valence-corrected chi connectivity index (χ1v) is 15.1.